The van der Waals surface area contributed by atoms with E-state index in [0.717, 1.165) is 16.7 Å². The predicted molar refractivity (Wildman–Crippen MR) is 98.4 cm³/mol. The number of ether oxygens (including phenoxy) is 1. The lowest BCUT2D eigenvalue weighted by atomic mass is 10.0. The molecule has 27 heavy (non-hydrogen) atoms. The molecular weight excluding hydrogens is 344 g/mol. The molecule has 2 N–H and O–H groups in total. The minimum Gasteiger partial charge on any atom is -0.465 e. The van der Waals surface area contributed by atoms with E-state index in [9.17, 15) is 4.79 Å². The number of carboxylic acid groups (broad SMARTS) is 1. The van der Waals surface area contributed by atoms with E-state index in [-0.39, 0.29) is 5.82 Å². The molecule has 0 bridgehead atoms. The lowest BCUT2D eigenvalue weighted by molar-refractivity contribution is 0.194. The number of aromatic nitrogens is 2. The molecule has 0 saturated carbocycles. The zero-order chi connectivity index (χ0) is 19.1. The molecule has 0 fully saturated rings. The Bertz CT molecular complexity index is 981. The van der Waals surface area contributed by atoms with Gasteiger partial charge in [-0.1, -0.05) is 36.4 Å². The third kappa shape index (κ3) is 5.03. The summed E-state index contributed by atoms with van der Waals surface area (Å²) >= 11 is 0. The van der Waals surface area contributed by atoms with Crippen molar-refractivity contribution in [3.63, 3.8) is 0 Å². The summed E-state index contributed by atoms with van der Waals surface area (Å²) in [5, 5.41) is 19.8. The number of hydrogen-bond donors (Lipinski definition) is 2. The maximum atomic E-state index is 10.5. The molecule has 2 aromatic carbocycles. The Morgan fingerprint density at radius 3 is 2.70 bits per heavy atom. The Labute approximate surface area is 155 Å². The summed E-state index contributed by atoms with van der Waals surface area (Å²) in [7, 11) is 0. The number of benzene rings is 2. The number of nitriles is 1. The molecule has 0 spiro atoms. The Morgan fingerprint density at radius 2 is 1.96 bits per heavy atom. The molecule has 0 aliphatic heterocycles. The topological polar surface area (TPSA) is 108 Å². The zero-order valence-electron chi connectivity index (χ0n) is 14.3. The predicted octanol–water partition coefficient (Wildman–Crippen LogP) is 3.62. The number of nitrogens with one attached hydrogen (secondary N) is 1. The van der Waals surface area contributed by atoms with Crippen LogP contribution in [-0.4, -0.2) is 27.7 Å². The largest absolute Gasteiger partial charge is 0.465 e. The van der Waals surface area contributed by atoms with Crippen LogP contribution in [0, 0.1) is 11.3 Å². The summed E-state index contributed by atoms with van der Waals surface area (Å²) in [5.74, 6) is 0.960. The third-order valence-electron chi connectivity index (χ3n) is 3.76. The number of carbonyl (C=O) groups is 1. The van der Waals surface area contributed by atoms with Gasteiger partial charge in [-0.05, 0) is 35.2 Å². The summed E-state index contributed by atoms with van der Waals surface area (Å²) in [6.45, 7) is 0.377. The van der Waals surface area contributed by atoms with Crippen molar-refractivity contribution < 1.29 is 14.6 Å². The molecule has 0 radical (unpaired) electrons. The quantitative estimate of drug-likeness (QED) is 0.695. The Morgan fingerprint density at radius 1 is 1.15 bits per heavy atom. The minimum absolute atomic E-state index is 0.0524. The van der Waals surface area contributed by atoms with E-state index >= 15 is 0 Å². The van der Waals surface area contributed by atoms with Crippen LogP contribution in [0.5, 0.6) is 11.6 Å². The molecule has 3 aromatic rings. The number of hydrogen-bond acceptors (Lipinski definition) is 5. The molecular formula is C20H16N4O3. The molecule has 0 saturated heterocycles. The highest BCUT2D eigenvalue weighted by molar-refractivity contribution is 5.66. The molecule has 7 nitrogen and oxygen atoms in total. The van der Waals surface area contributed by atoms with E-state index in [1.54, 1.807) is 6.07 Å². The first kappa shape index (κ1) is 17.9. The maximum absolute atomic E-state index is 10.5. The van der Waals surface area contributed by atoms with Crippen LogP contribution in [0.3, 0.4) is 0 Å². The highest BCUT2D eigenvalue weighted by Gasteiger charge is 2.04. The zero-order valence-corrected chi connectivity index (χ0v) is 14.3. The molecule has 0 aliphatic rings. The summed E-state index contributed by atoms with van der Waals surface area (Å²) in [6.07, 6.45) is 1.09. The first-order valence-corrected chi connectivity index (χ1v) is 8.21. The van der Waals surface area contributed by atoms with Crippen molar-refractivity contribution in [2.24, 2.45) is 0 Å². The lowest BCUT2D eigenvalue weighted by Gasteiger charge is -2.08. The Hall–Kier alpha value is -3.92. The smallest absolute Gasteiger partial charge is 0.404 e. The fourth-order valence-electron chi connectivity index (χ4n) is 2.49. The summed E-state index contributed by atoms with van der Waals surface area (Å²) < 4.78 is 5.72. The number of nitrogens with zero attached hydrogens (tertiary/aromatic N) is 3. The van der Waals surface area contributed by atoms with Crippen LogP contribution in [-0.2, 0) is 6.42 Å². The molecule has 0 unspecified atom stereocenters. The second kappa shape index (κ2) is 8.45. The van der Waals surface area contributed by atoms with E-state index in [1.807, 2.05) is 54.6 Å². The van der Waals surface area contributed by atoms with Crippen molar-refractivity contribution in [1.82, 2.24) is 15.3 Å². The first-order valence-electron chi connectivity index (χ1n) is 8.21. The van der Waals surface area contributed by atoms with E-state index in [4.69, 9.17) is 15.1 Å². The average molecular weight is 360 g/mol. The van der Waals surface area contributed by atoms with Crippen molar-refractivity contribution in [3.8, 4) is 28.8 Å². The molecule has 1 amide bonds. The van der Waals surface area contributed by atoms with Gasteiger partial charge in [0.15, 0.2) is 0 Å². The normalized spacial score (nSPS) is 10.0. The van der Waals surface area contributed by atoms with Crippen molar-refractivity contribution in [2.75, 3.05) is 6.54 Å². The fourth-order valence-corrected chi connectivity index (χ4v) is 2.49. The van der Waals surface area contributed by atoms with Gasteiger partial charge in [0, 0.05) is 18.8 Å². The van der Waals surface area contributed by atoms with Gasteiger partial charge >= 0.3 is 6.09 Å². The van der Waals surface area contributed by atoms with Gasteiger partial charge in [-0.15, -0.1) is 0 Å². The van der Waals surface area contributed by atoms with Crippen molar-refractivity contribution in [2.45, 2.75) is 6.42 Å². The van der Waals surface area contributed by atoms with Gasteiger partial charge < -0.3 is 15.2 Å². The molecule has 1 aromatic heterocycles. The first-order chi connectivity index (χ1) is 13.1. The van der Waals surface area contributed by atoms with Gasteiger partial charge in [-0.2, -0.15) is 10.2 Å². The van der Waals surface area contributed by atoms with Gasteiger partial charge in [0.25, 0.3) is 0 Å². The second-order valence-corrected chi connectivity index (χ2v) is 5.64. The third-order valence-corrected chi connectivity index (χ3v) is 3.76. The standard InChI is InChI=1S/C20H16N4O3/c21-13-18-22-11-9-19(24-18)27-17-3-1-2-16(12-17)15-6-4-14(5-7-15)8-10-23-20(25)26/h1-7,9,11-12,23H,8,10H2,(H,25,26). The fraction of sp³-hybridized carbons (Fsp3) is 0.100. The Kier molecular flexibility index (Phi) is 5.60. The molecule has 1 heterocycles. The van der Waals surface area contributed by atoms with Gasteiger partial charge in [-0.3, -0.25) is 0 Å². The van der Waals surface area contributed by atoms with Crippen LogP contribution in [0.4, 0.5) is 4.79 Å². The van der Waals surface area contributed by atoms with Crippen LogP contribution in [0.15, 0.2) is 60.8 Å². The van der Waals surface area contributed by atoms with Crippen molar-refractivity contribution >= 4 is 6.09 Å². The lowest BCUT2D eigenvalue weighted by Crippen LogP contribution is -2.23. The molecule has 134 valence electrons. The summed E-state index contributed by atoms with van der Waals surface area (Å²) in [5.41, 5.74) is 3.03. The summed E-state index contributed by atoms with van der Waals surface area (Å²) in [4.78, 5) is 18.3. The summed E-state index contributed by atoms with van der Waals surface area (Å²) in [6, 6.07) is 18.9. The molecule has 3 rings (SSSR count). The monoisotopic (exact) mass is 360 g/mol. The van der Waals surface area contributed by atoms with Crippen LogP contribution >= 0.6 is 0 Å². The van der Waals surface area contributed by atoms with Crippen molar-refractivity contribution in [3.05, 3.63) is 72.2 Å². The van der Waals surface area contributed by atoms with Gasteiger partial charge in [0.2, 0.25) is 11.7 Å². The Balaban J connectivity index is 1.71. The van der Waals surface area contributed by atoms with Gasteiger partial charge in [0.1, 0.15) is 11.8 Å². The maximum Gasteiger partial charge on any atom is 0.404 e. The van der Waals surface area contributed by atoms with E-state index < -0.39 is 6.09 Å². The van der Waals surface area contributed by atoms with Crippen LogP contribution in [0.1, 0.15) is 11.4 Å². The van der Waals surface area contributed by atoms with E-state index in [0.29, 0.717) is 24.6 Å². The van der Waals surface area contributed by atoms with Crippen LogP contribution in [0.25, 0.3) is 11.1 Å². The van der Waals surface area contributed by atoms with Crippen LogP contribution < -0.4 is 10.1 Å². The molecule has 0 aliphatic carbocycles. The van der Waals surface area contributed by atoms with E-state index in [2.05, 4.69) is 15.3 Å². The highest BCUT2D eigenvalue weighted by Crippen LogP contribution is 2.26. The van der Waals surface area contributed by atoms with Gasteiger partial charge in [0.05, 0.1) is 0 Å². The number of amides is 1. The molecule has 0 atom stereocenters. The van der Waals surface area contributed by atoms with E-state index in [1.165, 1.54) is 6.20 Å². The van der Waals surface area contributed by atoms with Crippen LogP contribution in [0.2, 0.25) is 0 Å². The van der Waals surface area contributed by atoms with Crippen molar-refractivity contribution in [1.29, 1.82) is 5.26 Å². The number of rotatable bonds is 6. The minimum atomic E-state index is -1.02. The van der Waals surface area contributed by atoms with Gasteiger partial charge in [-0.25, -0.2) is 9.78 Å². The SMILES string of the molecule is N#Cc1nccc(Oc2cccc(-c3ccc(CCNC(=O)O)cc3)c2)n1. The second-order valence-electron chi connectivity index (χ2n) is 5.64. The highest BCUT2D eigenvalue weighted by atomic mass is 16.5. The average Bonchev–Trinajstić information content (AvgIpc) is 2.68. The molecule has 7 heteroatoms.